The molecule has 22 heavy (non-hydrogen) atoms. The Labute approximate surface area is 131 Å². The summed E-state index contributed by atoms with van der Waals surface area (Å²) in [6.07, 6.45) is 2.65. The maximum Gasteiger partial charge on any atom is 0.257 e. The number of furan rings is 1. The fourth-order valence-corrected chi connectivity index (χ4v) is 1.98. The van der Waals surface area contributed by atoms with Crippen LogP contribution in [0.2, 0.25) is 0 Å². The highest BCUT2D eigenvalue weighted by atomic mass is 16.5. The second-order valence-corrected chi connectivity index (χ2v) is 5.30. The molecule has 6 heteroatoms. The average Bonchev–Trinajstić information content (AvgIpc) is 2.92. The number of carbonyl (C=O) groups is 2. The summed E-state index contributed by atoms with van der Waals surface area (Å²) in [7, 11) is 1.58. The Hall–Kier alpha value is -1.82. The van der Waals surface area contributed by atoms with E-state index in [1.807, 2.05) is 13.8 Å². The molecular weight excluding hydrogens is 284 g/mol. The summed E-state index contributed by atoms with van der Waals surface area (Å²) < 4.78 is 10.2. The Bertz CT molecular complexity index is 484. The minimum atomic E-state index is -0.139. The molecule has 1 rings (SSSR count). The van der Waals surface area contributed by atoms with Crippen LogP contribution in [0, 0.1) is 6.92 Å². The average molecular weight is 310 g/mol. The summed E-state index contributed by atoms with van der Waals surface area (Å²) in [4.78, 5) is 26.0. The van der Waals surface area contributed by atoms with E-state index in [4.69, 9.17) is 9.15 Å². The van der Waals surface area contributed by atoms with Crippen LogP contribution in [0.1, 0.15) is 42.8 Å². The van der Waals surface area contributed by atoms with Crippen molar-refractivity contribution in [3.63, 3.8) is 0 Å². The molecule has 0 aliphatic carbocycles. The molecule has 0 radical (unpaired) electrons. The van der Waals surface area contributed by atoms with Crippen molar-refractivity contribution in [3.8, 4) is 0 Å². The summed E-state index contributed by atoms with van der Waals surface area (Å²) in [6.45, 7) is 6.94. The Morgan fingerprint density at radius 2 is 2.14 bits per heavy atom. The number of rotatable bonds is 9. The molecule has 1 N–H and O–H groups in total. The van der Waals surface area contributed by atoms with E-state index in [9.17, 15) is 9.59 Å². The highest BCUT2D eigenvalue weighted by Crippen LogP contribution is 2.12. The van der Waals surface area contributed by atoms with E-state index in [2.05, 4.69) is 5.32 Å². The molecule has 1 aromatic heterocycles. The lowest BCUT2D eigenvalue weighted by Gasteiger charge is -2.22. The molecule has 6 nitrogen and oxygen atoms in total. The molecule has 1 heterocycles. The molecule has 0 saturated carbocycles. The van der Waals surface area contributed by atoms with Crippen LogP contribution in [-0.4, -0.2) is 49.6 Å². The third-order valence-corrected chi connectivity index (χ3v) is 3.57. The van der Waals surface area contributed by atoms with Gasteiger partial charge in [-0.1, -0.05) is 6.92 Å². The SMILES string of the molecule is CCC(C)NC(=O)CCN(CCOC)C(=O)c1ccoc1C. The molecule has 0 fully saturated rings. The van der Waals surface area contributed by atoms with Crippen LogP contribution in [-0.2, 0) is 9.53 Å². The minimum Gasteiger partial charge on any atom is -0.469 e. The van der Waals surface area contributed by atoms with Crippen molar-refractivity contribution in [2.75, 3.05) is 26.8 Å². The van der Waals surface area contributed by atoms with Crippen LogP contribution >= 0.6 is 0 Å². The largest absolute Gasteiger partial charge is 0.469 e. The minimum absolute atomic E-state index is 0.0477. The summed E-state index contributed by atoms with van der Waals surface area (Å²) in [5.41, 5.74) is 0.526. The maximum atomic E-state index is 12.5. The van der Waals surface area contributed by atoms with Gasteiger partial charge in [0.05, 0.1) is 18.4 Å². The quantitative estimate of drug-likeness (QED) is 0.757. The van der Waals surface area contributed by atoms with Gasteiger partial charge in [0.25, 0.3) is 5.91 Å². The fraction of sp³-hybridized carbons (Fsp3) is 0.625. The summed E-state index contributed by atoms with van der Waals surface area (Å²) in [6, 6.07) is 1.79. The number of amides is 2. The van der Waals surface area contributed by atoms with E-state index >= 15 is 0 Å². The number of carbonyl (C=O) groups excluding carboxylic acids is 2. The normalized spacial score (nSPS) is 12.0. The predicted octanol–water partition coefficient (Wildman–Crippen LogP) is 1.98. The van der Waals surface area contributed by atoms with Gasteiger partial charge in [-0.2, -0.15) is 0 Å². The number of ether oxygens (including phenoxy) is 1. The molecule has 1 unspecified atom stereocenters. The number of hydrogen-bond acceptors (Lipinski definition) is 4. The van der Waals surface area contributed by atoms with Crippen LogP contribution in [0.15, 0.2) is 16.7 Å². The Balaban J connectivity index is 2.63. The van der Waals surface area contributed by atoms with Gasteiger partial charge in [-0.15, -0.1) is 0 Å². The molecule has 1 aromatic rings. The highest BCUT2D eigenvalue weighted by molar-refractivity contribution is 5.95. The van der Waals surface area contributed by atoms with Gasteiger partial charge in [-0.05, 0) is 26.3 Å². The Kier molecular flexibility index (Phi) is 7.66. The monoisotopic (exact) mass is 310 g/mol. The summed E-state index contributed by atoms with van der Waals surface area (Å²) >= 11 is 0. The first kappa shape index (κ1) is 18.2. The Morgan fingerprint density at radius 1 is 1.41 bits per heavy atom. The van der Waals surface area contributed by atoms with Crippen molar-refractivity contribution in [1.29, 1.82) is 0 Å². The maximum absolute atomic E-state index is 12.5. The first-order valence-electron chi connectivity index (χ1n) is 7.61. The molecule has 0 aliphatic rings. The summed E-state index contributed by atoms with van der Waals surface area (Å²) in [5.74, 6) is 0.393. The van der Waals surface area contributed by atoms with E-state index < -0.39 is 0 Å². The zero-order valence-electron chi connectivity index (χ0n) is 13.8. The van der Waals surface area contributed by atoms with Crippen LogP contribution in [0.5, 0.6) is 0 Å². The van der Waals surface area contributed by atoms with Crippen LogP contribution in [0.3, 0.4) is 0 Å². The third kappa shape index (κ3) is 5.52. The standard InChI is InChI=1S/C16H26N2O4/c1-5-12(2)17-15(19)6-8-18(9-11-21-4)16(20)14-7-10-22-13(14)3/h7,10,12H,5-6,8-9,11H2,1-4H3,(H,17,19). The predicted molar refractivity (Wildman–Crippen MR) is 83.7 cm³/mol. The number of methoxy groups -OCH3 is 1. The molecule has 2 amide bonds. The lowest BCUT2D eigenvalue weighted by molar-refractivity contribution is -0.121. The summed E-state index contributed by atoms with van der Waals surface area (Å²) in [5, 5.41) is 2.90. The third-order valence-electron chi connectivity index (χ3n) is 3.57. The van der Waals surface area contributed by atoms with Gasteiger partial charge in [0, 0.05) is 32.7 Å². The lowest BCUT2D eigenvalue weighted by Crippen LogP contribution is -2.39. The zero-order valence-corrected chi connectivity index (χ0v) is 13.8. The number of nitrogens with one attached hydrogen (secondary N) is 1. The second kappa shape index (κ2) is 9.25. The topological polar surface area (TPSA) is 71.8 Å². The molecular formula is C16H26N2O4. The molecule has 124 valence electrons. The molecule has 0 aromatic carbocycles. The highest BCUT2D eigenvalue weighted by Gasteiger charge is 2.20. The zero-order chi connectivity index (χ0) is 16.5. The lowest BCUT2D eigenvalue weighted by atomic mass is 10.2. The Morgan fingerprint density at radius 3 is 2.68 bits per heavy atom. The van der Waals surface area contributed by atoms with Crippen molar-refractivity contribution >= 4 is 11.8 Å². The first-order chi connectivity index (χ1) is 10.5. The van der Waals surface area contributed by atoms with Crippen molar-refractivity contribution in [3.05, 3.63) is 23.7 Å². The van der Waals surface area contributed by atoms with Crippen molar-refractivity contribution in [2.24, 2.45) is 0 Å². The number of aryl methyl sites for hydroxylation is 1. The van der Waals surface area contributed by atoms with Crippen LogP contribution in [0.4, 0.5) is 0 Å². The van der Waals surface area contributed by atoms with Gasteiger partial charge in [-0.3, -0.25) is 9.59 Å². The van der Waals surface area contributed by atoms with Gasteiger partial charge in [-0.25, -0.2) is 0 Å². The molecule has 0 saturated heterocycles. The van der Waals surface area contributed by atoms with Crippen molar-refractivity contribution in [1.82, 2.24) is 10.2 Å². The molecule has 0 aliphatic heterocycles. The first-order valence-corrected chi connectivity index (χ1v) is 7.61. The smallest absolute Gasteiger partial charge is 0.257 e. The van der Waals surface area contributed by atoms with E-state index in [1.165, 1.54) is 6.26 Å². The van der Waals surface area contributed by atoms with Gasteiger partial charge in [0.15, 0.2) is 0 Å². The molecule has 0 bridgehead atoms. The van der Waals surface area contributed by atoms with E-state index in [1.54, 1.807) is 25.0 Å². The second-order valence-electron chi connectivity index (χ2n) is 5.30. The fourth-order valence-electron chi connectivity index (χ4n) is 1.98. The van der Waals surface area contributed by atoms with Gasteiger partial charge >= 0.3 is 0 Å². The van der Waals surface area contributed by atoms with Crippen molar-refractivity contribution in [2.45, 2.75) is 39.7 Å². The van der Waals surface area contributed by atoms with E-state index in [-0.39, 0.29) is 24.3 Å². The number of nitrogens with zero attached hydrogens (tertiary/aromatic N) is 1. The van der Waals surface area contributed by atoms with Crippen LogP contribution < -0.4 is 5.32 Å². The molecule has 1 atom stereocenters. The van der Waals surface area contributed by atoms with Gasteiger partial charge < -0.3 is 19.4 Å². The number of hydrogen-bond donors (Lipinski definition) is 1. The van der Waals surface area contributed by atoms with Crippen LogP contribution in [0.25, 0.3) is 0 Å². The molecule has 0 spiro atoms. The van der Waals surface area contributed by atoms with E-state index in [0.29, 0.717) is 31.0 Å². The van der Waals surface area contributed by atoms with Gasteiger partial charge in [0.1, 0.15) is 5.76 Å². The van der Waals surface area contributed by atoms with E-state index in [0.717, 1.165) is 6.42 Å². The van der Waals surface area contributed by atoms with Gasteiger partial charge in [0.2, 0.25) is 5.91 Å². The van der Waals surface area contributed by atoms with Crippen molar-refractivity contribution < 1.29 is 18.7 Å².